The van der Waals surface area contributed by atoms with Crippen molar-refractivity contribution in [3.05, 3.63) is 315 Å². The second-order valence-electron chi connectivity index (χ2n) is 22.7. The van der Waals surface area contributed by atoms with Gasteiger partial charge in [-0.25, -0.2) is 0 Å². The minimum absolute atomic E-state index is 0.120. The molecule has 434 valence electrons. The fourth-order valence-electron chi connectivity index (χ4n) is 13.3. The van der Waals surface area contributed by atoms with Crippen molar-refractivity contribution in [2.24, 2.45) is 0 Å². The van der Waals surface area contributed by atoms with Crippen LogP contribution in [0.4, 0.5) is 13.2 Å². The van der Waals surface area contributed by atoms with Crippen molar-refractivity contribution in [3.8, 4) is 118 Å². The normalized spacial score (nSPS) is 11.6. The molecule has 92 heavy (non-hydrogen) atoms. The molecule has 0 bridgehead atoms. The van der Waals surface area contributed by atoms with Gasteiger partial charge in [-0.3, -0.25) is 19.9 Å². The maximum Gasteiger partial charge on any atom is 0.420 e. The second-order valence-corrected chi connectivity index (χ2v) is 22.7. The van der Waals surface area contributed by atoms with Crippen molar-refractivity contribution in [1.29, 1.82) is 5.26 Å². The lowest BCUT2D eigenvalue weighted by atomic mass is 9.97. The molecular formula is C82H50F3N7. The summed E-state index contributed by atoms with van der Waals surface area (Å²) in [6.45, 7) is 0. The van der Waals surface area contributed by atoms with Crippen molar-refractivity contribution in [1.82, 2.24) is 29.1 Å². The lowest BCUT2D eigenvalue weighted by molar-refractivity contribution is -0.137. The van der Waals surface area contributed by atoms with Gasteiger partial charge in [0.25, 0.3) is 0 Å². The molecule has 0 spiro atoms. The van der Waals surface area contributed by atoms with Crippen molar-refractivity contribution in [2.75, 3.05) is 0 Å². The first kappa shape index (κ1) is 55.0. The van der Waals surface area contributed by atoms with Crippen LogP contribution in [0.2, 0.25) is 0 Å². The summed E-state index contributed by atoms with van der Waals surface area (Å²) in [7, 11) is 0. The summed E-state index contributed by atoms with van der Waals surface area (Å²) in [6.07, 6.45) is 2.01. The van der Waals surface area contributed by atoms with Crippen LogP contribution in [0.15, 0.2) is 304 Å². The van der Waals surface area contributed by atoms with Gasteiger partial charge in [-0.15, -0.1) is 0 Å². The Balaban J connectivity index is 1.05. The van der Waals surface area contributed by atoms with E-state index in [9.17, 15) is 5.26 Å². The maximum atomic E-state index is 18.0. The number of fused-ring (bicyclic) bond motifs is 6. The molecule has 6 heterocycles. The fourth-order valence-corrected chi connectivity index (χ4v) is 13.3. The molecule has 0 atom stereocenters. The lowest BCUT2D eigenvalue weighted by Crippen LogP contribution is -2.16. The third-order valence-corrected chi connectivity index (χ3v) is 17.4. The second kappa shape index (κ2) is 22.7. The number of alkyl halides is 3. The largest absolute Gasteiger partial charge is 0.420 e. The molecule has 0 aliphatic carbocycles. The molecule has 0 saturated heterocycles. The van der Waals surface area contributed by atoms with Crippen LogP contribution in [0, 0.1) is 11.3 Å². The van der Waals surface area contributed by atoms with Crippen LogP contribution in [0.25, 0.3) is 156 Å². The molecule has 7 nitrogen and oxygen atoms in total. The van der Waals surface area contributed by atoms with Crippen molar-refractivity contribution in [3.63, 3.8) is 0 Å². The molecule has 6 aromatic heterocycles. The van der Waals surface area contributed by atoms with Crippen molar-refractivity contribution in [2.45, 2.75) is 6.18 Å². The lowest BCUT2D eigenvalue weighted by Gasteiger charge is -2.23. The predicted octanol–water partition coefficient (Wildman–Crippen LogP) is 21.4. The summed E-state index contributed by atoms with van der Waals surface area (Å²) < 4.78 is 57.5. The number of pyridine rings is 4. The molecule has 0 aliphatic heterocycles. The fraction of sp³-hybridized carbons (Fsp3) is 0.0122. The number of aromatic nitrogens is 6. The van der Waals surface area contributed by atoms with Crippen LogP contribution < -0.4 is 0 Å². The molecule has 0 unspecified atom stereocenters. The number of rotatable bonds is 11. The highest BCUT2D eigenvalue weighted by molar-refractivity contribution is 6.14. The minimum atomic E-state index is -5.02. The van der Waals surface area contributed by atoms with Crippen LogP contribution in [0.1, 0.15) is 11.1 Å². The maximum absolute atomic E-state index is 18.0. The molecular weight excluding hydrogens is 1140 g/mol. The molecule has 0 aliphatic rings. The Morgan fingerprint density at radius 3 is 0.880 bits per heavy atom. The Kier molecular flexibility index (Phi) is 13.6. The minimum Gasteiger partial charge on any atom is -0.308 e. The predicted molar refractivity (Wildman–Crippen MR) is 365 cm³/mol. The van der Waals surface area contributed by atoms with Crippen LogP contribution in [-0.2, 0) is 6.18 Å². The Morgan fingerprint density at radius 1 is 0.283 bits per heavy atom. The first-order chi connectivity index (χ1) is 45.2. The molecule has 0 saturated carbocycles. The third kappa shape index (κ3) is 9.64. The average Bonchev–Trinajstić information content (AvgIpc) is 1.52. The Bertz CT molecular complexity index is 4990. The van der Waals surface area contributed by atoms with Gasteiger partial charge in [0.1, 0.15) is 5.56 Å². The van der Waals surface area contributed by atoms with Gasteiger partial charge in [-0.1, -0.05) is 206 Å². The van der Waals surface area contributed by atoms with E-state index in [2.05, 4.69) is 6.07 Å². The number of nitrogens with zero attached hydrogens (tertiary/aromatic N) is 7. The van der Waals surface area contributed by atoms with Gasteiger partial charge in [0.2, 0.25) is 0 Å². The van der Waals surface area contributed by atoms with Gasteiger partial charge in [0.05, 0.1) is 67.8 Å². The Morgan fingerprint density at radius 2 is 0.587 bits per heavy atom. The quantitative estimate of drug-likeness (QED) is 0.129. The molecule has 0 radical (unpaired) electrons. The topological polar surface area (TPSA) is 85.2 Å². The highest BCUT2D eigenvalue weighted by Gasteiger charge is 2.40. The van der Waals surface area contributed by atoms with E-state index in [0.29, 0.717) is 38.8 Å². The molecule has 10 aromatic carbocycles. The van der Waals surface area contributed by atoms with E-state index in [0.717, 1.165) is 111 Å². The molecule has 0 amide bonds. The van der Waals surface area contributed by atoms with E-state index < -0.39 is 11.7 Å². The number of benzene rings is 10. The standard InChI is InChI=1S/C82H50F3N7/c83-82(84,85)77-75(91-71-45-58(63-28-14-40-87-78(63)53-19-5-1-6-20-53)32-36-67(71)68-37-33-59(46-72(68)91)64-29-15-41-88-79(64)54-21-7-2-8-22-54)49-62(57-27-13-18-52(44-57)51-86)50-76(77)92-73-47-60(65-30-16-42-89-80(65)55-23-9-3-10-24-55)34-38-69(73)70-39-35-61(48-74(70)92)66-31-17-43-90-81(66)56-25-11-4-12-26-56/h1-50H. The third-order valence-electron chi connectivity index (χ3n) is 17.4. The molecule has 0 N–H and O–H groups in total. The van der Waals surface area contributed by atoms with Crippen molar-refractivity contribution >= 4 is 43.6 Å². The first-order valence-electron chi connectivity index (χ1n) is 30.2. The van der Waals surface area contributed by atoms with Crippen LogP contribution in [0.3, 0.4) is 0 Å². The SMILES string of the molecule is N#Cc1cccc(-c2cc(-n3c4cc(-c5cccnc5-c5ccccc5)ccc4c4ccc(-c5cccnc5-c5ccccc5)cc43)c(C(F)(F)F)c(-n3c4cc(-c5cccnc5-c5ccccc5)ccc4c4ccc(-c5cccnc5-c5ccccc5)cc43)c2)c1. The zero-order valence-electron chi connectivity index (χ0n) is 49.1. The van der Waals surface area contributed by atoms with Gasteiger partial charge in [-0.05, 0) is 106 Å². The first-order valence-corrected chi connectivity index (χ1v) is 30.2. The number of hydrogen-bond acceptors (Lipinski definition) is 5. The van der Waals surface area contributed by atoms with Crippen LogP contribution >= 0.6 is 0 Å². The Labute approximate surface area is 527 Å². The van der Waals surface area contributed by atoms with E-state index in [1.165, 1.54) is 0 Å². The summed E-state index contributed by atoms with van der Waals surface area (Å²) in [5, 5.41) is 13.4. The summed E-state index contributed by atoms with van der Waals surface area (Å²) in [5.41, 5.74) is 15.2. The van der Waals surface area contributed by atoms with Gasteiger partial charge < -0.3 is 9.13 Å². The summed E-state index contributed by atoms with van der Waals surface area (Å²) in [5.74, 6) is 0. The highest BCUT2D eigenvalue weighted by Crippen LogP contribution is 2.49. The number of hydrogen-bond donors (Lipinski definition) is 0. The van der Waals surface area contributed by atoms with Crippen LogP contribution in [0.5, 0.6) is 0 Å². The highest BCUT2D eigenvalue weighted by atomic mass is 19.4. The average molecular weight is 1190 g/mol. The number of halogens is 3. The van der Waals surface area contributed by atoms with Gasteiger partial charge in [-0.2, -0.15) is 18.4 Å². The molecule has 0 fully saturated rings. The van der Waals surface area contributed by atoms with E-state index in [1.54, 1.807) is 64.3 Å². The summed E-state index contributed by atoms with van der Waals surface area (Å²) in [4.78, 5) is 19.6. The van der Waals surface area contributed by atoms with E-state index >= 15 is 13.2 Å². The zero-order chi connectivity index (χ0) is 61.9. The van der Waals surface area contributed by atoms with Gasteiger partial charge >= 0.3 is 6.18 Å². The molecule has 10 heteroatoms. The van der Waals surface area contributed by atoms with Gasteiger partial charge in [0.15, 0.2) is 0 Å². The molecule has 16 rings (SSSR count). The van der Waals surface area contributed by atoms with Crippen LogP contribution in [-0.4, -0.2) is 29.1 Å². The smallest absolute Gasteiger partial charge is 0.308 e. The summed E-state index contributed by atoms with van der Waals surface area (Å²) >= 11 is 0. The van der Waals surface area contributed by atoms with E-state index in [-0.39, 0.29) is 11.4 Å². The number of nitriles is 1. The van der Waals surface area contributed by atoms with E-state index in [1.807, 2.05) is 249 Å². The summed E-state index contributed by atoms with van der Waals surface area (Å²) in [6, 6.07) is 92.0. The van der Waals surface area contributed by atoms with Gasteiger partial charge in [0, 0.05) is 90.8 Å². The van der Waals surface area contributed by atoms with E-state index in [4.69, 9.17) is 19.9 Å². The van der Waals surface area contributed by atoms with Crippen molar-refractivity contribution < 1.29 is 13.2 Å². The Hall–Kier alpha value is -12.3. The monoisotopic (exact) mass is 1190 g/mol. The molecule has 16 aromatic rings. The zero-order valence-corrected chi connectivity index (χ0v) is 49.1.